The van der Waals surface area contributed by atoms with Crippen LogP contribution in [0.15, 0.2) is 164 Å². The first-order valence-corrected chi connectivity index (χ1v) is 26.7. The maximum atomic E-state index is 2.70. The van der Waals surface area contributed by atoms with Gasteiger partial charge in [0.1, 0.15) is 0 Å². The van der Waals surface area contributed by atoms with E-state index in [-0.39, 0.29) is 33.8 Å². The summed E-state index contributed by atoms with van der Waals surface area (Å²) in [6.07, 6.45) is 4.70. The highest BCUT2D eigenvalue weighted by Crippen LogP contribution is 2.57. The molecule has 0 saturated heterocycles. The minimum absolute atomic E-state index is 0.00911. The lowest BCUT2D eigenvalue weighted by molar-refractivity contribution is 0.332. The summed E-state index contributed by atoms with van der Waals surface area (Å²) in [4.78, 5) is 7.82. The predicted octanol–water partition coefficient (Wildman–Crippen LogP) is 16.6. The fourth-order valence-corrected chi connectivity index (χ4v) is 14.2. The zero-order valence-electron chi connectivity index (χ0n) is 44.3. The van der Waals surface area contributed by atoms with Crippen molar-refractivity contribution in [3.05, 3.63) is 203 Å². The molecule has 3 nitrogen and oxygen atoms in total. The van der Waals surface area contributed by atoms with E-state index in [0.717, 1.165) is 23.5 Å². The first-order chi connectivity index (χ1) is 34.4. The topological polar surface area (TPSA) is 9.72 Å². The van der Waals surface area contributed by atoms with Gasteiger partial charge in [-0.25, -0.2) is 0 Å². The van der Waals surface area contributed by atoms with E-state index in [2.05, 4.69) is 255 Å². The van der Waals surface area contributed by atoms with Crippen LogP contribution in [0.25, 0.3) is 11.1 Å². The van der Waals surface area contributed by atoms with E-state index in [4.69, 9.17) is 0 Å². The van der Waals surface area contributed by atoms with Gasteiger partial charge in [-0.2, -0.15) is 0 Å². The Morgan fingerprint density at radius 2 is 0.931 bits per heavy atom. The molecular weight excluding hydrogens is 870 g/mol. The lowest BCUT2D eigenvalue weighted by Crippen LogP contribution is -2.62. The third-order valence-corrected chi connectivity index (χ3v) is 18.3. The van der Waals surface area contributed by atoms with Crippen LogP contribution in [0.1, 0.15) is 134 Å². The fourth-order valence-electron chi connectivity index (χ4n) is 14.2. The molecular formula is C68H68BN3. The van der Waals surface area contributed by atoms with Crippen molar-refractivity contribution in [1.29, 1.82) is 0 Å². The van der Waals surface area contributed by atoms with Crippen LogP contribution in [0.4, 0.5) is 51.2 Å². The van der Waals surface area contributed by atoms with Gasteiger partial charge in [-0.1, -0.05) is 160 Å². The highest BCUT2D eigenvalue weighted by atomic mass is 15.2. The van der Waals surface area contributed by atoms with Crippen molar-refractivity contribution in [2.24, 2.45) is 0 Å². The molecule has 13 rings (SSSR count). The van der Waals surface area contributed by atoms with Crippen LogP contribution in [-0.4, -0.2) is 6.71 Å². The molecule has 0 radical (unpaired) electrons. The summed E-state index contributed by atoms with van der Waals surface area (Å²) in [5, 5.41) is 0. The Balaban J connectivity index is 1.14. The molecule has 0 atom stereocenters. The second-order valence-electron chi connectivity index (χ2n) is 25.2. The summed E-state index contributed by atoms with van der Waals surface area (Å²) in [6.45, 7) is 27.0. The predicted molar refractivity (Wildman–Crippen MR) is 308 cm³/mol. The van der Waals surface area contributed by atoms with E-state index in [1.54, 1.807) is 0 Å². The number of hydrogen-bond acceptors (Lipinski definition) is 3. The maximum Gasteiger partial charge on any atom is 0.252 e. The summed E-state index contributed by atoms with van der Waals surface area (Å²) in [7, 11) is 0. The van der Waals surface area contributed by atoms with E-state index in [1.165, 1.54) is 120 Å². The monoisotopic (exact) mass is 938 g/mol. The Morgan fingerprint density at radius 3 is 1.58 bits per heavy atom. The third kappa shape index (κ3) is 6.49. The van der Waals surface area contributed by atoms with Crippen molar-refractivity contribution in [2.45, 2.75) is 129 Å². The van der Waals surface area contributed by atoms with E-state index in [1.807, 2.05) is 0 Å². The van der Waals surface area contributed by atoms with Crippen LogP contribution in [0.5, 0.6) is 0 Å². The Morgan fingerprint density at radius 1 is 0.389 bits per heavy atom. The first kappa shape index (κ1) is 45.1. The van der Waals surface area contributed by atoms with E-state index < -0.39 is 0 Å². The summed E-state index contributed by atoms with van der Waals surface area (Å²) >= 11 is 0. The SMILES string of the molecule is Cc1cc2c3c(c1)N(c1cccc4c1C(C)(C)c1ccccc1-4)c1cc(N(c4ccccc4)c4ccccc4)ccc1B3c1cc3c(cc1N2c1ccc2c(c1)C(C)(C)CCC2(C)C)C(C)(C)CCC3(C)C. The highest BCUT2D eigenvalue weighted by Gasteiger charge is 2.49. The lowest BCUT2D eigenvalue weighted by atomic mass is 9.33. The number of nitrogens with zero attached hydrogens (tertiary/aromatic N) is 3. The molecule has 72 heavy (non-hydrogen) atoms. The van der Waals surface area contributed by atoms with Crippen LogP contribution < -0.4 is 31.1 Å². The zero-order chi connectivity index (χ0) is 49.9. The Bertz CT molecular complexity index is 3500. The first-order valence-electron chi connectivity index (χ1n) is 26.7. The van der Waals surface area contributed by atoms with Gasteiger partial charge < -0.3 is 14.7 Å². The van der Waals surface area contributed by atoms with Crippen molar-refractivity contribution < 1.29 is 0 Å². The minimum atomic E-state index is -0.235. The molecule has 3 aliphatic carbocycles. The largest absolute Gasteiger partial charge is 0.311 e. The maximum absolute atomic E-state index is 2.70. The lowest BCUT2D eigenvalue weighted by Gasteiger charge is -2.48. The zero-order valence-corrected chi connectivity index (χ0v) is 44.3. The van der Waals surface area contributed by atoms with Gasteiger partial charge in [-0.3, -0.25) is 0 Å². The molecule has 5 aliphatic rings. The van der Waals surface area contributed by atoms with Crippen LogP contribution in [0.3, 0.4) is 0 Å². The van der Waals surface area contributed by atoms with Gasteiger partial charge in [-0.15, -0.1) is 0 Å². The second kappa shape index (κ2) is 15.4. The van der Waals surface area contributed by atoms with E-state index in [0.29, 0.717) is 0 Å². The van der Waals surface area contributed by atoms with Crippen LogP contribution in [0, 0.1) is 6.92 Å². The van der Waals surface area contributed by atoms with E-state index in [9.17, 15) is 0 Å². The summed E-state index contributed by atoms with van der Waals surface area (Å²) in [5.41, 5.74) is 27.8. The van der Waals surface area contributed by atoms with Crippen LogP contribution in [-0.2, 0) is 27.1 Å². The van der Waals surface area contributed by atoms with Crippen molar-refractivity contribution in [2.75, 3.05) is 14.7 Å². The molecule has 0 spiro atoms. The quantitative estimate of drug-likeness (QED) is 0.159. The van der Waals surface area contributed by atoms with Gasteiger partial charge in [-0.05, 0) is 194 Å². The molecule has 0 fully saturated rings. The number of benzene rings is 8. The van der Waals surface area contributed by atoms with Crippen LogP contribution >= 0.6 is 0 Å². The number of aryl methyl sites for hydroxylation is 1. The Hall–Kier alpha value is -6.78. The van der Waals surface area contributed by atoms with Gasteiger partial charge in [0.2, 0.25) is 0 Å². The van der Waals surface area contributed by atoms with Gasteiger partial charge in [0.05, 0.1) is 5.69 Å². The number of para-hydroxylation sites is 2. The standard InChI is InChI=1S/C68H68BN3/c1-43-37-60-63-61(38-43)72(57-28-20-26-49-48-25-18-19-27-50(48)68(10,11)62(49)57)58-40-47(70(44-21-14-12-15-22-44)45-23-16-13-17-24-45)30-32-55(58)69(63)56-41-53-54(67(8,9)36-35-66(53,6)7)42-59(56)71(60)46-29-31-51-52(39-46)65(4,5)34-33-64(51,2)3/h12-32,37-42H,33-36H2,1-11H3. The second-order valence-corrected chi connectivity index (χ2v) is 25.2. The third-order valence-electron chi connectivity index (χ3n) is 18.3. The van der Waals surface area contributed by atoms with Crippen molar-refractivity contribution in [1.82, 2.24) is 0 Å². The molecule has 0 bridgehead atoms. The average Bonchev–Trinajstić information content (AvgIpc) is 3.60. The molecule has 8 aromatic carbocycles. The fraction of sp³-hybridized carbons (Fsp3) is 0.294. The van der Waals surface area contributed by atoms with Crippen molar-refractivity contribution >= 4 is 74.3 Å². The average molecular weight is 938 g/mol. The van der Waals surface area contributed by atoms with Crippen LogP contribution in [0.2, 0.25) is 0 Å². The smallest absolute Gasteiger partial charge is 0.252 e. The molecule has 8 aromatic rings. The molecule has 0 N–H and O–H groups in total. The van der Waals surface area contributed by atoms with Gasteiger partial charge in [0.25, 0.3) is 6.71 Å². The summed E-state index contributed by atoms with van der Waals surface area (Å²) < 4.78 is 0. The normalized spacial score (nSPS) is 18.5. The summed E-state index contributed by atoms with van der Waals surface area (Å²) in [5.74, 6) is 0. The highest BCUT2D eigenvalue weighted by molar-refractivity contribution is 7.00. The van der Waals surface area contributed by atoms with Gasteiger partial charge >= 0.3 is 0 Å². The number of hydrogen-bond donors (Lipinski definition) is 0. The summed E-state index contributed by atoms with van der Waals surface area (Å²) in [6, 6.07) is 63.3. The van der Waals surface area contributed by atoms with E-state index >= 15 is 0 Å². The molecule has 2 aliphatic heterocycles. The molecule has 2 heterocycles. The van der Waals surface area contributed by atoms with Gasteiger partial charge in [0.15, 0.2) is 0 Å². The van der Waals surface area contributed by atoms with Crippen molar-refractivity contribution in [3.63, 3.8) is 0 Å². The Labute approximate surface area is 429 Å². The molecule has 4 heteroatoms. The van der Waals surface area contributed by atoms with Gasteiger partial charge in [0, 0.05) is 50.9 Å². The Kier molecular flexibility index (Phi) is 9.63. The molecule has 0 saturated carbocycles. The number of fused-ring (bicyclic) bond motifs is 9. The number of rotatable bonds is 5. The molecule has 0 amide bonds. The minimum Gasteiger partial charge on any atom is -0.311 e. The van der Waals surface area contributed by atoms with Crippen molar-refractivity contribution in [3.8, 4) is 11.1 Å². The molecule has 0 unspecified atom stereocenters. The number of anilines is 9. The molecule has 358 valence electrons. The molecule has 0 aromatic heterocycles.